The van der Waals surface area contributed by atoms with E-state index in [0.717, 1.165) is 18.6 Å². The number of nitro benzene ring substituents is 1. The Morgan fingerprint density at radius 2 is 2.24 bits per heavy atom. The van der Waals surface area contributed by atoms with Crippen LogP contribution in [0.1, 0.15) is 30.1 Å². The average molecular weight is 309 g/mol. The maximum atomic E-state index is 11.9. The van der Waals surface area contributed by atoms with Gasteiger partial charge in [-0.3, -0.25) is 14.9 Å². The number of hydrogen-bond donors (Lipinski definition) is 2. The molecule has 1 aromatic rings. The normalized spacial score (nSPS) is 15.3. The number of thioether (sulfide) groups is 1. The van der Waals surface area contributed by atoms with Crippen LogP contribution >= 0.6 is 11.8 Å². The third-order valence-corrected chi connectivity index (χ3v) is 4.02. The summed E-state index contributed by atoms with van der Waals surface area (Å²) in [6.45, 7) is 1.97. The molecule has 1 atom stereocenters. The summed E-state index contributed by atoms with van der Waals surface area (Å²) in [7, 11) is 0. The van der Waals surface area contributed by atoms with Gasteiger partial charge in [-0.15, -0.1) is 0 Å². The summed E-state index contributed by atoms with van der Waals surface area (Å²) in [6, 6.07) is 4.92. The Morgan fingerprint density at radius 3 is 2.81 bits per heavy atom. The highest BCUT2D eigenvalue weighted by molar-refractivity contribution is 7.98. The highest BCUT2D eigenvalue weighted by Gasteiger charge is 2.25. The molecule has 2 rings (SSSR count). The minimum absolute atomic E-state index is 0.0635. The zero-order chi connectivity index (χ0) is 15.4. The maximum Gasteiger partial charge on any atom is 0.293 e. The van der Waals surface area contributed by atoms with E-state index in [1.54, 1.807) is 23.9 Å². The highest BCUT2D eigenvalue weighted by Crippen LogP contribution is 2.27. The highest BCUT2D eigenvalue weighted by atomic mass is 32.2. The van der Waals surface area contributed by atoms with E-state index in [2.05, 4.69) is 10.6 Å². The summed E-state index contributed by atoms with van der Waals surface area (Å²) in [4.78, 5) is 22.7. The molecule has 0 aromatic heterocycles. The second kappa shape index (κ2) is 6.80. The Kier molecular flexibility index (Phi) is 5.06. The minimum atomic E-state index is -0.456. The SMILES string of the molecule is CSCC(C)Nc1ccc(C(=O)NC2CC2)cc1[N+](=O)[O-]. The number of carbonyl (C=O) groups excluding carboxylic acids is 1. The monoisotopic (exact) mass is 309 g/mol. The van der Waals surface area contributed by atoms with Crippen molar-refractivity contribution in [3.8, 4) is 0 Å². The van der Waals surface area contributed by atoms with Crippen molar-refractivity contribution in [2.24, 2.45) is 0 Å². The third-order valence-electron chi connectivity index (χ3n) is 3.19. The van der Waals surface area contributed by atoms with Gasteiger partial charge in [-0.05, 0) is 38.2 Å². The quantitative estimate of drug-likeness (QED) is 0.597. The molecule has 0 bridgehead atoms. The van der Waals surface area contributed by atoms with Crippen molar-refractivity contribution in [1.82, 2.24) is 5.32 Å². The lowest BCUT2D eigenvalue weighted by atomic mass is 10.1. The molecule has 0 saturated heterocycles. The summed E-state index contributed by atoms with van der Waals surface area (Å²) in [6.07, 6.45) is 3.96. The van der Waals surface area contributed by atoms with Crippen molar-refractivity contribution < 1.29 is 9.72 Å². The van der Waals surface area contributed by atoms with Crippen LogP contribution in [0.25, 0.3) is 0 Å². The van der Waals surface area contributed by atoms with Gasteiger partial charge in [-0.2, -0.15) is 11.8 Å². The van der Waals surface area contributed by atoms with Crippen LogP contribution in [0.4, 0.5) is 11.4 Å². The first-order valence-electron chi connectivity index (χ1n) is 6.86. The summed E-state index contributed by atoms with van der Waals surface area (Å²) in [5.74, 6) is 0.602. The minimum Gasteiger partial charge on any atom is -0.376 e. The largest absolute Gasteiger partial charge is 0.376 e. The second-order valence-corrected chi connectivity index (χ2v) is 6.15. The van der Waals surface area contributed by atoms with Crippen molar-refractivity contribution in [2.45, 2.75) is 31.8 Å². The van der Waals surface area contributed by atoms with Crippen LogP contribution in [0.2, 0.25) is 0 Å². The molecule has 1 amide bonds. The number of benzene rings is 1. The Morgan fingerprint density at radius 1 is 1.52 bits per heavy atom. The topological polar surface area (TPSA) is 84.3 Å². The van der Waals surface area contributed by atoms with Crippen LogP contribution in [0.5, 0.6) is 0 Å². The molecule has 1 aromatic carbocycles. The van der Waals surface area contributed by atoms with Crippen LogP contribution in [0.3, 0.4) is 0 Å². The Bertz CT molecular complexity index is 546. The van der Waals surface area contributed by atoms with Gasteiger partial charge < -0.3 is 10.6 Å². The molecule has 6 nitrogen and oxygen atoms in total. The van der Waals surface area contributed by atoms with Gasteiger partial charge >= 0.3 is 0 Å². The first kappa shape index (κ1) is 15.6. The number of nitrogens with zero attached hydrogens (tertiary/aromatic N) is 1. The zero-order valence-corrected chi connectivity index (χ0v) is 12.9. The predicted octanol–water partition coefficient (Wildman–Crippen LogP) is 2.65. The Labute approximate surface area is 127 Å². The van der Waals surface area contributed by atoms with E-state index >= 15 is 0 Å². The molecule has 1 fully saturated rings. The van der Waals surface area contributed by atoms with Gasteiger partial charge in [-0.25, -0.2) is 0 Å². The van der Waals surface area contributed by atoms with Gasteiger partial charge in [0.1, 0.15) is 5.69 Å². The Hall–Kier alpha value is -1.76. The fourth-order valence-corrected chi connectivity index (χ4v) is 2.58. The van der Waals surface area contributed by atoms with Crippen molar-refractivity contribution >= 4 is 29.0 Å². The molecule has 1 aliphatic rings. The van der Waals surface area contributed by atoms with Crippen molar-refractivity contribution in [3.63, 3.8) is 0 Å². The Balaban J connectivity index is 2.17. The standard InChI is InChI=1S/C14H19N3O3S/c1-9(8-21-2)15-12-6-3-10(7-13(12)17(19)20)14(18)16-11-4-5-11/h3,6-7,9,11,15H,4-5,8H2,1-2H3,(H,16,18). The molecule has 1 saturated carbocycles. The van der Waals surface area contributed by atoms with Gasteiger partial charge in [0.2, 0.25) is 0 Å². The van der Waals surface area contributed by atoms with E-state index in [0.29, 0.717) is 11.3 Å². The van der Waals surface area contributed by atoms with Crippen LogP contribution in [-0.4, -0.2) is 34.9 Å². The number of hydrogen-bond acceptors (Lipinski definition) is 5. The van der Waals surface area contributed by atoms with Crippen molar-refractivity contribution in [2.75, 3.05) is 17.3 Å². The lowest BCUT2D eigenvalue weighted by Gasteiger charge is -2.14. The molecular weight excluding hydrogens is 290 g/mol. The molecule has 0 heterocycles. The zero-order valence-electron chi connectivity index (χ0n) is 12.1. The molecule has 0 aliphatic heterocycles. The smallest absolute Gasteiger partial charge is 0.293 e. The molecule has 0 radical (unpaired) electrons. The fourth-order valence-electron chi connectivity index (χ4n) is 2.00. The average Bonchev–Trinajstić information content (AvgIpc) is 3.23. The number of rotatable bonds is 7. The van der Waals surface area contributed by atoms with Crippen LogP contribution < -0.4 is 10.6 Å². The van der Waals surface area contributed by atoms with Gasteiger partial charge in [-0.1, -0.05) is 0 Å². The molecule has 2 N–H and O–H groups in total. The number of anilines is 1. The molecule has 1 unspecified atom stereocenters. The van der Waals surface area contributed by atoms with Crippen LogP contribution in [0, 0.1) is 10.1 Å². The molecule has 114 valence electrons. The van der Waals surface area contributed by atoms with E-state index in [1.807, 2.05) is 13.2 Å². The van der Waals surface area contributed by atoms with Gasteiger partial charge in [0.05, 0.1) is 4.92 Å². The van der Waals surface area contributed by atoms with Crippen molar-refractivity contribution in [3.05, 3.63) is 33.9 Å². The van der Waals surface area contributed by atoms with Crippen LogP contribution in [0.15, 0.2) is 18.2 Å². The number of nitro groups is 1. The lowest BCUT2D eigenvalue weighted by molar-refractivity contribution is -0.384. The first-order chi connectivity index (χ1) is 10.0. The molecule has 0 spiro atoms. The third kappa shape index (κ3) is 4.35. The van der Waals surface area contributed by atoms with E-state index < -0.39 is 4.92 Å². The number of carbonyl (C=O) groups is 1. The lowest BCUT2D eigenvalue weighted by Crippen LogP contribution is -2.25. The van der Waals surface area contributed by atoms with Gasteiger partial charge in [0.25, 0.3) is 11.6 Å². The van der Waals surface area contributed by atoms with E-state index in [-0.39, 0.29) is 23.7 Å². The van der Waals surface area contributed by atoms with Gasteiger partial charge in [0, 0.05) is 29.5 Å². The van der Waals surface area contributed by atoms with Gasteiger partial charge in [0.15, 0.2) is 0 Å². The van der Waals surface area contributed by atoms with E-state index in [4.69, 9.17) is 0 Å². The fraction of sp³-hybridized carbons (Fsp3) is 0.500. The summed E-state index contributed by atoms with van der Waals surface area (Å²) in [5, 5.41) is 17.1. The number of nitrogens with one attached hydrogen (secondary N) is 2. The van der Waals surface area contributed by atoms with Crippen LogP contribution in [-0.2, 0) is 0 Å². The molecule has 21 heavy (non-hydrogen) atoms. The number of amides is 1. The predicted molar refractivity (Wildman–Crippen MR) is 85.1 cm³/mol. The second-order valence-electron chi connectivity index (χ2n) is 5.24. The van der Waals surface area contributed by atoms with E-state index in [9.17, 15) is 14.9 Å². The molecule has 7 heteroatoms. The van der Waals surface area contributed by atoms with Crippen molar-refractivity contribution in [1.29, 1.82) is 0 Å². The summed E-state index contributed by atoms with van der Waals surface area (Å²) >= 11 is 1.67. The van der Waals surface area contributed by atoms with E-state index in [1.165, 1.54) is 6.07 Å². The molecular formula is C14H19N3O3S. The summed E-state index contributed by atoms with van der Waals surface area (Å²) in [5.41, 5.74) is 0.715. The maximum absolute atomic E-state index is 11.9. The summed E-state index contributed by atoms with van der Waals surface area (Å²) < 4.78 is 0. The first-order valence-corrected chi connectivity index (χ1v) is 8.25. The molecule has 1 aliphatic carbocycles.